The fraction of sp³-hybridized carbons (Fsp3) is 0.304. The normalized spacial score (nSPS) is 11.3. The van der Waals surface area contributed by atoms with Crippen LogP contribution in [0.2, 0.25) is 0 Å². The lowest BCUT2D eigenvalue weighted by molar-refractivity contribution is 0.457. The maximum absolute atomic E-state index is 4.64. The summed E-state index contributed by atoms with van der Waals surface area (Å²) in [5.41, 5.74) is 4.60. The van der Waals surface area contributed by atoms with Crippen molar-refractivity contribution in [1.29, 1.82) is 0 Å². The third-order valence-electron chi connectivity index (χ3n) is 4.65. The van der Waals surface area contributed by atoms with Crippen molar-refractivity contribution in [1.82, 2.24) is 30.0 Å². The molecule has 2 heterocycles. The molecule has 0 radical (unpaired) electrons. The van der Waals surface area contributed by atoms with Crippen LogP contribution in [0.4, 0.5) is 0 Å². The molecule has 2 aromatic carbocycles. The van der Waals surface area contributed by atoms with Gasteiger partial charge in [0, 0.05) is 12.3 Å². The van der Waals surface area contributed by atoms with Crippen molar-refractivity contribution >= 4 is 11.8 Å². The van der Waals surface area contributed by atoms with E-state index in [0.717, 1.165) is 28.5 Å². The van der Waals surface area contributed by atoms with Gasteiger partial charge in [-0.05, 0) is 29.2 Å². The Kier molecular flexibility index (Phi) is 6.28. The number of hydrogen-bond donors (Lipinski definition) is 0. The molecule has 4 aromatic rings. The van der Waals surface area contributed by atoms with E-state index in [9.17, 15) is 0 Å². The van der Waals surface area contributed by atoms with Gasteiger partial charge in [-0.15, -0.1) is 22.0 Å². The second kappa shape index (κ2) is 9.26. The lowest BCUT2D eigenvalue weighted by Gasteiger charge is -2.10. The summed E-state index contributed by atoms with van der Waals surface area (Å²) in [4.78, 5) is 1.65. The van der Waals surface area contributed by atoms with Gasteiger partial charge >= 0.3 is 0 Å². The smallest absolute Gasteiger partial charge is 0.209 e. The van der Waals surface area contributed by atoms with E-state index < -0.39 is 0 Å². The standard InChI is InChI=1S/C23H26N6S/c1-17(2)14-28-23(30-16-19-9-5-4-6-10-19)21(13-24-28)22-25-27-29(26-22)15-20-11-7-8-18(3)12-20/h4-13,17H,14-16H2,1-3H3. The molecule has 0 bridgehead atoms. The van der Waals surface area contributed by atoms with E-state index in [1.54, 1.807) is 16.6 Å². The van der Waals surface area contributed by atoms with Crippen LogP contribution in [0, 0.1) is 12.8 Å². The molecule has 0 spiro atoms. The average Bonchev–Trinajstić information content (AvgIpc) is 3.33. The molecule has 0 fully saturated rings. The van der Waals surface area contributed by atoms with E-state index in [1.165, 1.54) is 11.1 Å². The Bertz CT molecular complexity index is 1100. The minimum absolute atomic E-state index is 0.499. The zero-order valence-corrected chi connectivity index (χ0v) is 18.4. The van der Waals surface area contributed by atoms with E-state index >= 15 is 0 Å². The van der Waals surface area contributed by atoms with Crippen molar-refractivity contribution in [2.24, 2.45) is 5.92 Å². The molecule has 30 heavy (non-hydrogen) atoms. The molecule has 4 rings (SSSR count). The molecule has 2 aromatic heterocycles. The SMILES string of the molecule is Cc1cccc(Cn2nnc(-c3cnn(CC(C)C)c3SCc3ccccc3)n2)c1. The topological polar surface area (TPSA) is 61.4 Å². The van der Waals surface area contributed by atoms with Gasteiger partial charge < -0.3 is 0 Å². The van der Waals surface area contributed by atoms with Crippen LogP contribution in [-0.2, 0) is 18.8 Å². The lowest BCUT2D eigenvalue weighted by Crippen LogP contribution is -2.07. The Morgan fingerprint density at radius 1 is 1.00 bits per heavy atom. The van der Waals surface area contributed by atoms with E-state index in [-0.39, 0.29) is 0 Å². The Morgan fingerprint density at radius 3 is 2.57 bits per heavy atom. The summed E-state index contributed by atoms with van der Waals surface area (Å²) in [5, 5.41) is 19.0. The number of hydrogen-bond acceptors (Lipinski definition) is 5. The maximum Gasteiger partial charge on any atom is 0.209 e. The van der Waals surface area contributed by atoms with Crippen molar-refractivity contribution in [3.05, 3.63) is 77.5 Å². The van der Waals surface area contributed by atoms with Crippen LogP contribution in [0.15, 0.2) is 65.8 Å². The first kappa shape index (κ1) is 20.3. The summed E-state index contributed by atoms with van der Waals surface area (Å²) in [6, 6.07) is 18.8. The zero-order valence-electron chi connectivity index (χ0n) is 17.6. The molecule has 0 unspecified atom stereocenters. The monoisotopic (exact) mass is 418 g/mol. The third-order valence-corrected chi connectivity index (χ3v) is 5.83. The van der Waals surface area contributed by atoms with Gasteiger partial charge in [0.25, 0.3) is 0 Å². The Balaban J connectivity index is 1.58. The highest BCUT2D eigenvalue weighted by Crippen LogP contribution is 2.32. The number of tetrazole rings is 1. The number of aryl methyl sites for hydroxylation is 1. The molecule has 0 saturated carbocycles. The van der Waals surface area contributed by atoms with E-state index in [2.05, 4.69) is 94.5 Å². The number of aromatic nitrogens is 6. The predicted molar refractivity (Wildman–Crippen MR) is 120 cm³/mol. The van der Waals surface area contributed by atoms with Crippen LogP contribution >= 0.6 is 11.8 Å². The fourth-order valence-corrected chi connectivity index (χ4v) is 4.34. The highest BCUT2D eigenvalue weighted by atomic mass is 32.2. The molecule has 0 aliphatic carbocycles. The maximum atomic E-state index is 4.64. The van der Waals surface area contributed by atoms with Crippen LogP contribution in [0.3, 0.4) is 0 Å². The van der Waals surface area contributed by atoms with E-state index in [0.29, 0.717) is 18.3 Å². The van der Waals surface area contributed by atoms with Gasteiger partial charge in [-0.3, -0.25) is 4.68 Å². The predicted octanol–water partition coefficient (Wildman–Crippen LogP) is 4.84. The van der Waals surface area contributed by atoms with Crippen LogP contribution < -0.4 is 0 Å². The largest absolute Gasteiger partial charge is 0.258 e. The first-order chi connectivity index (χ1) is 14.6. The molecule has 0 aliphatic heterocycles. The Labute approximate surface area is 181 Å². The van der Waals surface area contributed by atoms with Crippen LogP contribution in [-0.4, -0.2) is 30.0 Å². The lowest BCUT2D eigenvalue weighted by atomic mass is 10.1. The van der Waals surface area contributed by atoms with Crippen molar-refractivity contribution in [2.45, 2.75) is 44.6 Å². The number of benzene rings is 2. The van der Waals surface area contributed by atoms with Gasteiger partial charge in [-0.25, -0.2) is 0 Å². The van der Waals surface area contributed by atoms with Crippen molar-refractivity contribution in [3.63, 3.8) is 0 Å². The number of thioether (sulfide) groups is 1. The minimum Gasteiger partial charge on any atom is -0.258 e. The third kappa shape index (κ3) is 4.97. The summed E-state index contributed by atoms with van der Waals surface area (Å²) in [6.45, 7) is 7.94. The van der Waals surface area contributed by atoms with E-state index in [4.69, 9.17) is 0 Å². The molecule has 0 N–H and O–H groups in total. The van der Waals surface area contributed by atoms with Gasteiger partial charge in [0.15, 0.2) is 0 Å². The first-order valence-electron chi connectivity index (χ1n) is 10.1. The van der Waals surface area contributed by atoms with Gasteiger partial charge in [0.05, 0.1) is 18.3 Å². The van der Waals surface area contributed by atoms with Gasteiger partial charge in [0.2, 0.25) is 5.82 Å². The molecule has 0 amide bonds. The highest BCUT2D eigenvalue weighted by molar-refractivity contribution is 7.98. The molecule has 0 aliphatic rings. The number of nitrogens with zero attached hydrogens (tertiary/aromatic N) is 6. The molecule has 0 saturated heterocycles. The molecule has 0 atom stereocenters. The second-order valence-electron chi connectivity index (χ2n) is 7.85. The summed E-state index contributed by atoms with van der Waals surface area (Å²) < 4.78 is 2.06. The van der Waals surface area contributed by atoms with Gasteiger partial charge in [-0.1, -0.05) is 74.0 Å². The summed E-state index contributed by atoms with van der Waals surface area (Å²) in [5.74, 6) is 1.99. The molecule has 6 nitrogen and oxygen atoms in total. The second-order valence-corrected chi connectivity index (χ2v) is 8.81. The Hall–Kier alpha value is -2.93. The molecular formula is C23H26N6S. The number of rotatable bonds is 8. The average molecular weight is 419 g/mol. The zero-order chi connectivity index (χ0) is 20.9. The summed E-state index contributed by atoms with van der Waals surface area (Å²) in [6.07, 6.45) is 1.86. The minimum atomic E-state index is 0.499. The summed E-state index contributed by atoms with van der Waals surface area (Å²) in [7, 11) is 0. The van der Waals surface area contributed by atoms with Crippen molar-refractivity contribution in [2.75, 3.05) is 0 Å². The highest BCUT2D eigenvalue weighted by Gasteiger charge is 2.18. The fourth-order valence-electron chi connectivity index (χ4n) is 3.27. The molecule has 7 heteroatoms. The molecule has 154 valence electrons. The quantitative estimate of drug-likeness (QED) is 0.383. The summed E-state index contributed by atoms with van der Waals surface area (Å²) >= 11 is 1.77. The van der Waals surface area contributed by atoms with Crippen LogP contribution in [0.5, 0.6) is 0 Å². The van der Waals surface area contributed by atoms with Crippen molar-refractivity contribution < 1.29 is 0 Å². The molecular weight excluding hydrogens is 392 g/mol. The Morgan fingerprint density at radius 2 is 1.80 bits per heavy atom. The van der Waals surface area contributed by atoms with Gasteiger partial charge in [0.1, 0.15) is 5.03 Å². The van der Waals surface area contributed by atoms with Crippen LogP contribution in [0.1, 0.15) is 30.5 Å². The van der Waals surface area contributed by atoms with Crippen molar-refractivity contribution in [3.8, 4) is 11.4 Å². The van der Waals surface area contributed by atoms with E-state index in [1.807, 2.05) is 12.3 Å². The van der Waals surface area contributed by atoms with Crippen LogP contribution in [0.25, 0.3) is 11.4 Å². The van der Waals surface area contributed by atoms with Gasteiger partial charge in [-0.2, -0.15) is 9.90 Å². The first-order valence-corrected chi connectivity index (χ1v) is 11.1.